The molecule has 3 heterocycles. The summed E-state index contributed by atoms with van der Waals surface area (Å²) < 4.78 is 6.08. The maximum atomic E-state index is 11.2. The van der Waals surface area contributed by atoms with E-state index in [0.717, 1.165) is 35.4 Å². The van der Waals surface area contributed by atoms with Gasteiger partial charge >= 0.3 is 0 Å². The molecule has 5 nitrogen and oxygen atoms in total. The van der Waals surface area contributed by atoms with Crippen molar-refractivity contribution in [2.24, 2.45) is 0 Å². The quantitative estimate of drug-likeness (QED) is 0.626. The Morgan fingerprint density at radius 3 is 3.24 bits per heavy atom. The van der Waals surface area contributed by atoms with Crippen LogP contribution in [0.2, 0.25) is 0 Å². The van der Waals surface area contributed by atoms with Crippen molar-refractivity contribution in [3.8, 4) is 11.3 Å². The van der Waals surface area contributed by atoms with Gasteiger partial charge in [0.15, 0.2) is 18.2 Å². The average molecular weight is 231 g/mol. The number of hydrogen-bond donors (Lipinski definition) is 1. The summed E-state index contributed by atoms with van der Waals surface area (Å²) in [5, 5.41) is 18.5. The molecule has 0 spiro atoms. The standard InChI is InChI=1S/C12H13N3O2/c16-15-6-2-3-9(8-15)11-7-12(17-14-11)10-4-1-5-13-10/h2-3,6-8,10,13H,1,4-5H2. The largest absolute Gasteiger partial charge is 0.619 e. The summed E-state index contributed by atoms with van der Waals surface area (Å²) >= 11 is 0. The highest BCUT2D eigenvalue weighted by atomic mass is 16.5. The van der Waals surface area contributed by atoms with Crippen LogP contribution in [0.3, 0.4) is 0 Å². The van der Waals surface area contributed by atoms with Crippen LogP contribution in [0.15, 0.2) is 35.1 Å². The van der Waals surface area contributed by atoms with E-state index in [0.29, 0.717) is 5.69 Å². The number of nitrogens with one attached hydrogen (secondary N) is 1. The van der Waals surface area contributed by atoms with E-state index >= 15 is 0 Å². The molecule has 0 amide bonds. The summed E-state index contributed by atoms with van der Waals surface area (Å²) in [7, 11) is 0. The molecule has 1 atom stereocenters. The lowest BCUT2D eigenvalue weighted by atomic mass is 10.1. The third kappa shape index (κ3) is 2.01. The fraction of sp³-hybridized carbons (Fsp3) is 0.333. The van der Waals surface area contributed by atoms with E-state index in [1.54, 1.807) is 6.07 Å². The van der Waals surface area contributed by atoms with Gasteiger partial charge in [0.25, 0.3) is 0 Å². The molecule has 0 aromatic carbocycles. The first-order valence-electron chi connectivity index (χ1n) is 5.72. The van der Waals surface area contributed by atoms with E-state index in [9.17, 15) is 5.21 Å². The molecular weight excluding hydrogens is 218 g/mol. The summed E-state index contributed by atoms with van der Waals surface area (Å²) in [6.45, 7) is 1.02. The SMILES string of the molecule is [O-][n+]1cccc(-c2cc(C3CCCN3)on2)c1. The zero-order valence-electron chi connectivity index (χ0n) is 9.30. The van der Waals surface area contributed by atoms with Crippen LogP contribution in [-0.2, 0) is 0 Å². The van der Waals surface area contributed by atoms with Gasteiger partial charge in [-0.05, 0) is 25.5 Å². The first kappa shape index (κ1) is 10.3. The Bertz CT molecular complexity index is 518. The predicted octanol–water partition coefficient (Wildman–Crippen LogP) is 1.40. The van der Waals surface area contributed by atoms with Crippen molar-refractivity contribution in [1.29, 1.82) is 0 Å². The van der Waals surface area contributed by atoms with Crippen molar-refractivity contribution in [3.63, 3.8) is 0 Å². The van der Waals surface area contributed by atoms with Crippen LogP contribution in [0.25, 0.3) is 11.3 Å². The molecule has 1 unspecified atom stereocenters. The Labute approximate surface area is 98.6 Å². The van der Waals surface area contributed by atoms with E-state index in [1.807, 2.05) is 12.1 Å². The minimum atomic E-state index is 0.263. The molecule has 2 aromatic rings. The van der Waals surface area contributed by atoms with E-state index in [4.69, 9.17) is 4.52 Å². The van der Waals surface area contributed by atoms with Crippen LogP contribution in [0.4, 0.5) is 0 Å². The second-order valence-electron chi connectivity index (χ2n) is 4.22. The van der Waals surface area contributed by atoms with Gasteiger partial charge in [-0.1, -0.05) is 5.16 Å². The Morgan fingerprint density at radius 2 is 2.47 bits per heavy atom. The molecule has 5 heteroatoms. The van der Waals surface area contributed by atoms with E-state index < -0.39 is 0 Å². The topological polar surface area (TPSA) is 65.0 Å². The van der Waals surface area contributed by atoms with Gasteiger partial charge in [-0.2, -0.15) is 4.73 Å². The molecular formula is C12H13N3O2. The van der Waals surface area contributed by atoms with Crippen LogP contribution in [-0.4, -0.2) is 11.7 Å². The summed E-state index contributed by atoms with van der Waals surface area (Å²) in [5.74, 6) is 0.846. The van der Waals surface area contributed by atoms with Crippen molar-refractivity contribution < 1.29 is 9.25 Å². The van der Waals surface area contributed by atoms with E-state index in [-0.39, 0.29) is 6.04 Å². The summed E-state index contributed by atoms with van der Waals surface area (Å²) in [6.07, 6.45) is 5.17. The van der Waals surface area contributed by atoms with Crippen LogP contribution in [0, 0.1) is 5.21 Å². The molecule has 2 aromatic heterocycles. The third-order valence-electron chi connectivity index (χ3n) is 3.00. The molecule has 1 aliphatic heterocycles. The highest BCUT2D eigenvalue weighted by Gasteiger charge is 2.21. The average Bonchev–Trinajstić information content (AvgIpc) is 3.00. The zero-order chi connectivity index (χ0) is 11.7. The number of pyridine rings is 1. The van der Waals surface area contributed by atoms with Crippen molar-refractivity contribution in [3.05, 3.63) is 41.6 Å². The minimum Gasteiger partial charge on any atom is -0.619 e. The molecule has 0 bridgehead atoms. The van der Waals surface area contributed by atoms with Gasteiger partial charge in [0.05, 0.1) is 11.6 Å². The van der Waals surface area contributed by atoms with Crippen molar-refractivity contribution >= 4 is 0 Å². The molecule has 1 saturated heterocycles. The predicted molar refractivity (Wildman–Crippen MR) is 60.9 cm³/mol. The third-order valence-corrected chi connectivity index (χ3v) is 3.00. The fourth-order valence-electron chi connectivity index (χ4n) is 2.12. The molecule has 88 valence electrons. The monoisotopic (exact) mass is 231 g/mol. The zero-order valence-corrected chi connectivity index (χ0v) is 9.30. The smallest absolute Gasteiger partial charge is 0.189 e. The maximum Gasteiger partial charge on any atom is 0.189 e. The number of rotatable bonds is 2. The summed E-state index contributed by atoms with van der Waals surface area (Å²) in [4.78, 5) is 0. The second-order valence-corrected chi connectivity index (χ2v) is 4.22. The summed E-state index contributed by atoms with van der Waals surface area (Å²) in [6, 6.07) is 5.71. The van der Waals surface area contributed by atoms with Crippen molar-refractivity contribution in [2.45, 2.75) is 18.9 Å². The molecule has 17 heavy (non-hydrogen) atoms. The lowest BCUT2D eigenvalue weighted by Crippen LogP contribution is -2.23. The molecule has 0 radical (unpaired) electrons. The van der Waals surface area contributed by atoms with E-state index in [2.05, 4.69) is 10.5 Å². The van der Waals surface area contributed by atoms with Crippen LogP contribution >= 0.6 is 0 Å². The van der Waals surface area contributed by atoms with Crippen LogP contribution < -0.4 is 10.0 Å². The Morgan fingerprint density at radius 1 is 1.53 bits per heavy atom. The first-order chi connectivity index (χ1) is 8.33. The number of nitrogens with zero attached hydrogens (tertiary/aromatic N) is 2. The van der Waals surface area contributed by atoms with Gasteiger partial charge in [0, 0.05) is 12.1 Å². The lowest BCUT2D eigenvalue weighted by molar-refractivity contribution is -0.604. The van der Waals surface area contributed by atoms with Gasteiger partial charge in [-0.25, -0.2) is 0 Å². The van der Waals surface area contributed by atoms with Crippen molar-refractivity contribution in [2.75, 3.05) is 6.54 Å². The highest BCUT2D eigenvalue weighted by Crippen LogP contribution is 2.26. The molecule has 3 rings (SSSR count). The first-order valence-corrected chi connectivity index (χ1v) is 5.72. The van der Waals surface area contributed by atoms with E-state index in [1.165, 1.54) is 12.4 Å². The van der Waals surface area contributed by atoms with Crippen LogP contribution in [0.5, 0.6) is 0 Å². The number of hydrogen-bond acceptors (Lipinski definition) is 4. The molecule has 0 aliphatic carbocycles. The molecule has 1 N–H and O–H groups in total. The van der Waals surface area contributed by atoms with Gasteiger partial charge in [0.2, 0.25) is 0 Å². The lowest BCUT2D eigenvalue weighted by Gasteiger charge is -2.02. The molecule has 0 saturated carbocycles. The molecule has 1 aliphatic rings. The van der Waals surface area contributed by atoms with Gasteiger partial charge in [-0.3, -0.25) is 0 Å². The highest BCUT2D eigenvalue weighted by molar-refractivity contribution is 5.56. The van der Waals surface area contributed by atoms with Gasteiger partial charge < -0.3 is 15.0 Å². The minimum absolute atomic E-state index is 0.263. The van der Waals surface area contributed by atoms with Gasteiger partial charge in [0.1, 0.15) is 5.69 Å². The second kappa shape index (κ2) is 4.18. The van der Waals surface area contributed by atoms with Crippen LogP contribution in [0.1, 0.15) is 24.6 Å². The normalized spacial score (nSPS) is 19.6. The molecule has 1 fully saturated rings. The maximum absolute atomic E-state index is 11.2. The Hall–Kier alpha value is -1.88. The van der Waals surface area contributed by atoms with Crippen molar-refractivity contribution in [1.82, 2.24) is 10.5 Å². The summed E-state index contributed by atoms with van der Waals surface area (Å²) in [5.41, 5.74) is 1.48. The Balaban J connectivity index is 1.89. The van der Waals surface area contributed by atoms with Gasteiger partial charge in [-0.15, -0.1) is 0 Å². The number of aromatic nitrogens is 2. The Kier molecular flexibility index (Phi) is 2.53. The fourth-order valence-corrected chi connectivity index (χ4v) is 2.12.